The van der Waals surface area contributed by atoms with E-state index in [4.69, 9.17) is 20.2 Å². The van der Waals surface area contributed by atoms with E-state index in [-0.39, 0.29) is 5.92 Å². The van der Waals surface area contributed by atoms with E-state index in [9.17, 15) is 0 Å². The first-order valence-electron chi connectivity index (χ1n) is 7.45. The lowest BCUT2D eigenvalue weighted by Crippen LogP contribution is -2.37. The number of nitrogens with zero attached hydrogens (tertiary/aromatic N) is 4. The molecule has 1 aliphatic rings. The van der Waals surface area contributed by atoms with Crippen LogP contribution in [0.2, 0.25) is 0 Å². The summed E-state index contributed by atoms with van der Waals surface area (Å²) in [5, 5.41) is 0.808. The molecule has 0 saturated carbocycles. The van der Waals surface area contributed by atoms with Crippen molar-refractivity contribution in [2.24, 2.45) is 0 Å². The second-order valence-electron chi connectivity index (χ2n) is 5.61. The molecule has 1 fully saturated rings. The lowest BCUT2D eigenvalue weighted by molar-refractivity contribution is 0.122. The van der Waals surface area contributed by atoms with Crippen LogP contribution in [0.5, 0.6) is 5.88 Å². The molecule has 3 rings (SSSR count). The Morgan fingerprint density at radius 2 is 1.95 bits per heavy atom. The van der Waals surface area contributed by atoms with Gasteiger partial charge in [0.1, 0.15) is 22.8 Å². The molecule has 1 saturated heterocycles. The molecule has 118 valence electrons. The zero-order valence-corrected chi connectivity index (χ0v) is 13.2. The monoisotopic (exact) mass is 303 g/mol. The molecule has 0 aliphatic carbocycles. The number of anilines is 2. The van der Waals surface area contributed by atoms with Gasteiger partial charge >= 0.3 is 0 Å². The highest BCUT2D eigenvalue weighted by atomic mass is 16.5. The van der Waals surface area contributed by atoms with E-state index in [0.717, 1.165) is 35.6 Å². The molecule has 0 radical (unpaired) electrons. The number of hydrogen-bond donors (Lipinski definition) is 1. The van der Waals surface area contributed by atoms with Gasteiger partial charge in [0.2, 0.25) is 5.88 Å². The normalized spacial score (nSPS) is 15.5. The minimum Gasteiger partial charge on any atom is -0.480 e. The third kappa shape index (κ3) is 2.64. The van der Waals surface area contributed by atoms with Crippen molar-refractivity contribution in [3.63, 3.8) is 0 Å². The summed E-state index contributed by atoms with van der Waals surface area (Å²) >= 11 is 0. The average Bonchev–Trinajstić information content (AvgIpc) is 2.53. The Balaban J connectivity index is 2.25. The van der Waals surface area contributed by atoms with Crippen molar-refractivity contribution >= 4 is 22.5 Å². The van der Waals surface area contributed by atoms with Crippen LogP contribution in [-0.2, 0) is 4.74 Å². The number of ether oxygens (including phenoxy) is 2. The number of aromatic nitrogens is 3. The first kappa shape index (κ1) is 14.8. The summed E-state index contributed by atoms with van der Waals surface area (Å²) in [6, 6.07) is 1.77. The van der Waals surface area contributed by atoms with E-state index in [0.29, 0.717) is 24.9 Å². The van der Waals surface area contributed by atoms with Gasteiger partial charge in [0.15, 0.2) is 0 Å². The fourth-order valence-electron chi connectivity index (χ4n) is 2.55. The maximum absolute atomic E-state index is 5.87. The Hall–Kier alpha value is -2.15. The van der Waals surface area contributed by atoms with Crippen LogP contribution in [0.25, 0.3) is 10.9 Å². The Kier molecular flexibility index (Phi) is 3.98. The number of nitrogen functional groups attached to an aromatic ring is 1. The smallest absolute Gasteiger partial charge is 0.228 e. The van der Waals surface area contributed by atoms with Crippen LogP contribution in [0.4, 0.5) is 11.6 Å². The molecule has 3 heterocycles. The highest BCUT2D eigenvalue weighted by molar-refractivity contribution is 5.95. The predicted molar refractivity (Wildman–Crippen MR) is 85.4 cm³/mol. The Morgan fingerprint density at radius 1 is 1.23 bits per heavy atom. The summed E-state index contributed by atoms with van der Waals surface area (Å²) in [6.07, 6.45) is 0. The van der Waals surface area contributed by atoms with Crippen LogP contribution in [0.15, 0.2) is 6.07 Å². The third-order valence-corrected chi connectivity index (χ3v) is 3.68. The Morgan fingerprint density at radius 3 is 2.59 bits per heavy atom. The van der Waals surface area contributed by atoms with Crippen LogP contribution < -0.4 is 15.4 Å². The van der Waals surface area contributed by atoms with Gasteiger partial charge in [0.05, 0.1) is 25.8 Å². The first-order valence-corrected chi connectivity index (χ1v) is 7.45. The van der Waals surface area contributed by atoms with Gasteiger partial charge in [-0.3, -0.25) is 0 Å². The molecule has 0 spiro atoms. The first-order chi connectivity index (χ1) is 10.6. The van der Waals surface area contributed by atoms with Gasteiger partial charge < -0.3 is 20.1 Å². The maximum Gasteiger partial charge on any atom is 0.228 e. The average molecular weight is 303 g/mol. The summed E-state index contributed by atoms with van der Waals surface area (Å²) in [4.78, 5) is 15.9. The second kappa shape index (κ2) is 5.92. The SMILES string of the molecule is COc1nc(N)cc2nc(C(C)C)nc(N3CCOCC3)c12. The maximum atomic E-state index is 5.87. The van der Waals surface area contributed by atoms with Crippen LogP contribution in [0.3, 0.4) is 0 Å². The summed E-state index contributed by atoms with van der Waals surface area (Å²) in [5.41, 5.74) is 6.64. The molecule has 0 unspecified atom stereocenters. The minimum absolute atomic E-state index is 0.226. The summed E-state index contributed by atoms with van der Waals surface area (Å²) in [6.45, 7) is 7.10. The molecule has 0 aromatic carbocycles. The zero-order chi connectivity index (χ0) is 15.7. The van der Waals surface area contributed by atoms with Gasteiger partial charge in [-0.15, -0.1) is 0 Å². The predicted octanol–water partition coefficient (Wildman–Crippen LogP) is 1.58. The molecule has 0 amide bonds. The van der Waals surface area contributed by atoms with Gasteiger partial charge in [-0.2, -0.15) is 4.98 Å². The van der Waals surface area contributed by atoms with E-state index < -0.39 is 0 Å². The number of morpholine rings is 1. The molecule has 0 atom stereocenters. The zero-order valence-electron chi connectivity index (χ0n) is 13.2. The molecule has 2 aromatic rings. The number of rotatable bonds is 3. The van der Waals surface area contributed by atoms with Crippen molar-refractivity contribution in [1.29, 1.82) is 0 Å². The summed E-state index contributed by atoms with van der Waals surface area (Å²) < 4.78 is 10.8. The van der Waals surface area contributed by atoms with E-state index in [1.165, 1.54) is 0 Å². The molecule has 0 bridgehead atoms. The lowest BCUT2D eigenvalue weighted by atomic mass is 10.1. The minimum atomic E-state index is 0.226. The highest BCUT2D eigenvalue weighted by Gasteiger charge is 2.22. The van der Waals surface area contributed by atoms with Gasteiger partial charge in [-0.1, -0.05) is 13.8 Å². The van der Waals surface area contributed by atoms with Crippen LogP contribution in [-0.4, -0.2) is 48.4 Å². The van der Waals surface area contributed by atoms with E-state index in [1.54, 1.807) is 13.2 Å². The molecular formula is C15H21N5O2. The summed E-state index contributed by atoms with van der Waals surface area (Å²) in [5.74, 6) is 2.73. The third-order valence-electron chi connectivity index (χ3n) is 3.68. The van der Waals surface area contributed by atoms with Gasteiger partial charge in [0.25, 0.3) is 0 Å². The fraction of sp³-hybridized carbons (Fsp3) is 0.533. The van der Waals surface area contributed by atoms with Crippen LogP contribution in [0, 0.1) is 0 Å². The van der Waals surface area contributed by atoms with Gasteiger partial charge in [-0.25, -0.2) is 9.97 Å². The number of hydrogen-bond acceptors (Lipinski definition) is 7. The van der Waals surface area contributed by atoms with Crippen molar-refractivity contribution in [3.8, 4) is 5.88 Å². The number of fused-ring (bicyclic) bond motifs is 1. The van der Waals surface area contributed by atoms with E-state index >= 15 is 0 Å². The van der Waals surface area contributed by atoms with E-state index in [1.807, 2.05) is 0 Å². The number of nitrogens with two attached hydrogens (primary N) is 1. The molecule has 7 nitrogen and oxygen atoms in total. The topological polar surface area (TPSA) is 86.4 Å². The molecule has 2 aromatic heterocycles. The van der Waals surface area contributed by atoms with Crippen molar-refractivity contribution < 1.29 is 9.47 Å². The van der Waals surface area contributed by atoms with Crippen LogP contribution >= 0.6 is 0 Å². The molecule has 7 heteroatoms. The van der Waals surface area contributed by atoms with Gasteiger partial charge in [0, 0.05) is 25.1 Å². The second-order valence-corrected chi connectivity index (χ2v) is 5.61. The van der Waals surface area contributed by atoms with Crippen LogP contribution in [0.1, 0.15) is 25.6 Å². The number of methoxy groups -OCH3 is 1. The standard InChI is InChI=1S/C15H21N5O2/c1-9(2)13-17-10-8-11(16)18-15(21-3)12(10)14(19-13)20-4-6-22-7-5-20/h8-9H,4-7H2,1-3H3,(H2,16,18). The van der Waals surface area contributed by atoms with Crippen molar-refractivity contribution in [3.05, 3.63) is 11.9 Å². The molecule has 1 aliphatic heterocycles. The quantitative estimate of drug-likeness (QED) is 0.921. The van der Waals surface area contributed by atoms with Crippen molar-refractivity contribution in [2.75, 3.05) is 44.0 Å². The largest absolute Gasteiger partial charge is 0.480 e. The molecular weight excluding hydrogens is 282 g/mol. The molecule has 2 N–H and O–H groups in total. The highest BCUT2D eigenvalue weighted by Crippen LogP contribution is 2.33. The van der Waals surface area contributed by atoms with Crippen molar-refractivity contribution in [2.45, 2.75) is 19.8 Å². The van der Waals surface area contributed by atoms with Crippen molar-refractivity contribution in [1.82, 2.24) is 15.0 Å². The van der Waals surface area contributed by atoms with Gasteiger partial charge in [-0.05, 0) is 0 Å². The Bertz CT molecular complexity index is 683. The fourth-order valence-corrected chi connectivity index (χ4v) is 2.55. The molecule has 22 heavy (non-hydrogen) atoms. The number of pyridine rings is 1. The Labute approximate surface area is 129 Å². The summed E-state index contributed by atoms with van der Waals surface area (Å²) in [7, 11) is 1.58. The van der Waals surface area contributed by atoms with E-state index in [2.05, 4.69) is 28.7 Å². The lowest BCUT2D eigenvalue weighted by Gasteiger charge is -2.29.